The van der Waals surface area contributed by atoms with Crippen molar-refractivity contribution in [2.45, 2.75) is 11.3 Å². The minimum Gasteiger partial charge on any atom is -0.355 e. The first kappa shape index (κ1) is 12.5. The summed E-state index contributed by atoms with van der Waals surface area (Å²) in [5, 5.41) is 4.68. The second-order valence-electron chi connectivity index (χ2n) is 2.56. The fourth-order valence-corrected chi connectivity index (χ4v) is 2.14. The minimum atomic E-state index is -4.29. The molecule has 0 unspecified atom stereocenters. The molecule has 84 valence electrons. The Morgan fingerprint density at radius 2 is 2.00 bits per heavy atom. The molecule has 0 aliphatic heterocycles. The van der Waals surface area contributed by atoms with Crippen LogP contribution in [-0.4, -0.2) is 13.4 Å². The van der Waals surface area contributed by atoms with Crippen LogP contribution in [0.2, 0.25) is 0 Å². The fourth-order valence-electron chi connectivity index (χ4n) is 0.911. The lowest BCUT2D eigenvalue weighted by Crippen LogP contribution is -2.25. The maximum atomic E-state index is 12.4. The van der Waals surface area contributed by atoms with Crippen molar-refractivity contribution in [1.82, 2.24) is 4.98 Å². The van der Waals surface area contributed by atoms with Gasteiger partial charge >= 0.3 is 0 Å². The van der Waals surface area contributed by atoms with E-state index < -0.39 is 32.3 Å². The Morgan fingerprint density at radius 1 is 1.47 bits per heavy atom. The summed E-state index contributed by atoms with van der Waals surface area (Å²) in [6, 6.07) is 0. The van der Waals surface area contributed by atoms with Crippen LogP contribution in [0.3, 0.4) is 0 Å². The molecule has 0 saturated heterocycles. The zero-order valence-corrected chi connectivity index (χ0v) is 9.97. The summed E-state index contributed by atoms with van der Waals surface area (Å²) in [5.74, 6) is 0. The molecule has 0 bridgehead atoms. The Labute approximate surface area is 96.9 Å². The van der Waals surface area contributed by atoms with Gasteiger partial charge in [0.15, 0.2) is 0 Å². The van der Waals surface area contributed by atoms with Crippen LogP contribution < -0.4 is 10.6 Å². The number of primary sulfonamides is 1. The van der Waals surface area contributed by atoms with Crippen LogP contribution in [0.25, 0.3) is 0 Å². The Balaban J connectivity index is 3.65. The van der Waals surface area contributed by atoms with Gasteiger partial charge < -0.3 is 4.98 Å². The predicted molar refractivity (Wildman–Crippen MR) is 56.1 cm³/mol. The predicted octanol–water partition coefficient (Wildman–Crippen LogP) is 0.565. The van der Waals surface area contributed by atoms with E-state index in [2.05, 4.69) is 10.1 Å². The number of aromatic nitrogens is 1. The Hall–Kier alpha value is -0.550. The SMILES string of the molecule is NS(=O)(=O)c1c[nH]c(I)c(C(F)F)c1=O. The first-order valence-electron chi connectivity index (χ1n) is 3.47. The van der Waals surface area contributed by atoms with E-state index in [9.17, 15) is 22.0 Å². The highest BCUT2D eigenvalue weighted by atomic mass is 127. The Bertz CT molecular complexity index is 540. The topological polar surface area (TPSA) is 93.0 Å². The number of pyridine rings is 1. The molecule has 0 saturated carbocycles. The van der Waals surface area contributed by atoms with Crippen LogP contribution in [0.1, 0.15) is 12.0 Å². The van der Waals surface area contributed by atoms with Crippen molar-refractivity contribution in [3.8, 4) is 0 Å². The fraction of sp³-hybridized carbons (Fsp3) is 0.167. The number of hydrogen-bond donors (Lipinski definition) is 2. The number of H-pyrrole nitrogens is 1. The lowest BCUT2D eigenvalue weighted by Gasteiger charge is -2.04. The second-order valence-corrected chi connectivity index (χ2v) is 5.16. The molecule has 1 aromatic heterocycles. The molecule has 0 fully saturated rings. The number of nitrogens with one attached hydrogen (secondary N) is 1. The van der Waals surface area contributed by atoms with Crippen molar-refractivity contribution in [1.29, 1.82) is 0 Å². The Morgan fingerprint density at radius 3 is 2.40 bits per heavy atom. The third-order valence-electron chi connectivity index (χ3n) is 1.56. The summed E-state index contributed by atoms with van der Waals surface area (Å²) in [4.78, 5) is 12.7. The molecule has 1 aromatic rings. The van der Waals surface area contributed by atoms with Gasteiger partial charge in [0.1, 0.15) is 4.90 Å². The highest BCUT2D eigenvalue weighted by molar-refractivity contribution is 14.1. The number of aromatic amines is 1. The molecule has 3 N–H and O–H groups in total. The van der Waals surface area contributed by atoms with Gasteiger partial charge in [0.25, 0.3) is 6.43 Å². The molecule has 1 rings (SSSR count). The minimum absolute atomic E-state index is 0.111. The molecule has 0 aliphatic rings. The first-order valence-corrected chi connectivity index (χ1v) is 6.09. The maximum Gasteiger partial charge on any atom is 0.270 e. The van der Waals surface area contributed by atoms with Crippen LogP contribution in [0.4, 0.5) is 8.78 Å². The lowest BCUT2D eigenvalue weighted by atomic mass is 10.3. The van der Waals surface area contributed by atoms with Gasteiger partial charge in [-0.1, -0.05) is 0 Å². The normalized spacial score (nSPS) is 12.1. The zero-order chi connectivity index (χ0) is 11.8. The lowest BCUT2D eigenvalue weighted by molar-refractivity contribution is 0.148. The van der Waals surface area contributed by atoms with Crippen LogP contribution >= 0.6 is 22.6 Å². The van der Waals surface area contributed by atoms with Crippen molar-refractivity contribution < 1.29 is 17.2 Å². The smallest absolute Gasteiger partial charge is 0.270 e. The first-order chi connectivity index (χ1) is 6.75. The molecule has 1 heterocycles. The van der Waals surface area contributed by atoms with Crippen molar-refractivity contribution in [2.75, 3.05) is 0 Å². The summed E-state index contributed by atoms with van der Waals surface area (Å²) in [6.07, 6.45) is -2.26. The van der Waals surface area contributed by atoms with E-state index in [1.807, 2.05) is 0 Å². The molecule has 5 nitrogen and oxygen atoms in total. The van der Waals surface area contributed by atoms with Crippen molar-refractivity contribution in [3.05, 3.63) is 25.7 Å². The van der Waals surface area contributed by atoms with E-state index in [0.29, 0.717) is 0 Å². The molecule has 0 spiro atoms. The largest absolute Gasteiger partial charge is 0.355 e. The molecule has 0 aliphatic carbocycles. The number of rotatable bonds is 2. The maximum absolute atomic E-state index is 12.4. The number of sulfonamides is 1. The summed E-state index contributed by atoms with van der Waals surface area (Å²) in [6.45, 7) is 0. The van der Waals surface area contributed by atoms with Gasteiger partial charge in [-0.2, -0.15) is 0 Å². The van der Waals surface area contributed by atoms with Crippen molar-refractivity contribution in [2.24, 2.45) is 5.14 Å². The van der Waals surface area contributed by atoms with Crippen molar-refractivity contribution >= 4 is 32.6 Å². The van der Waals surface area contributed by atoms with Gasteiger partial charge in [-0.15, -0.1) is 0 Å². The third kappa shape index (κ3) is 2.52. The molecule has 15 heavy (non-hydrogen) atoms. The number of alkyl halides is 2. The average molecular weight is 350 g/mol. The summed E-state index contributed by atoms with van der Waals surface area (Å²) in [7, 11) is -4.29. The number of hydrogen-bond acceptors (Lipinski definition) is 3. The molecular formula is C6H5F2IN2O3S. The summed E-state index contributed by atoms with van der Waals surface area (Å²) >= 11 is 1.47. The van der Waals surface area contributed by atoms with E-state index in [4.69, 9.17) is 0 Å². The van der Waals surface area contributed by atoms with Gasteiger partial charge in [0.05, 0.1) is 9.26 Å². The van der Waals surface area contributed by atoms with Gasteiger partial charge in [-0.25, -0.2) is 22.3 Å². The molecule has 0 amide bonds. The van der Waals surface area contributed by atoms with Crippen molar-refractivity contribution in [3.63, 3.8) is 0 Å². The van der Waals surface area contributed by atoms with Crippen LogP contribution in [0, 0.1) is 3.70 Å². The van der Waals surface area contributed by atoms with Crippen LogP contribution in [0.5, 0.6) is 0 Å². The van der Waals surface area contributed by atoms with E-state index in [0.717, 1.165) is 6.20 Å². The van der Waals surface area contributed by atoms with Crippen LogP contribution in [0.15, 0.2) is 15.9 Å². The standard InChI is InChI=1S/C6H5F2IN2O3S/c7-5(8)3-4(12)2(15(10,13)14)1-11-6(3)9/h1,5H,(H,11,12)(H2,10,13,14). The quantitative estimate of drug-likeness (QED) is 0.603. The highest BCUT2D eigenvalue weighted by Gasteiger charge is 2.23. The summed E-state index contributed by atoms with van der Waals surface area (Å²) in [5.41, 5.74) is -2.15. The third-order valence-corrected chi connectivity index (χ3v) is 3.37. The van der Waals surface area contributed by atoms with Gasteiger partial charge in [-0.05, 0) is 22.6 Å². The number of nitrogens with two attached hydrogens (primary N) is 1. The molecule has 0 radical (unpaired) electrons. The molecule has 0 aromatic carbocycles. The average Bonchev–Trinajstić information content (AvgIpc) is 2.00. The molecule has 9 heteroatoms. The summed E-state index contributed by atoms with van der Waals surface area (Å²) < 4.78 is 46.4. The van der Waals surface area contributed by atoms with Gasteiger partial charge in [0.2, 0.25) is 15.5 Å². The monoisotopic (exact) mass is 350 g/mol. The second kappa shape index (κ2) is 4.14. The van der Waals surface area contributed by atoms with E-state index >= 15 is 0 Å². The van der Waals surface area contributed by atoms with Gasteiger partial charge in [0, 0.05) is 6.20 Å². The van der Waals surface area contributed by atoms with Crippen LogP contribution in [-0.2, 0) is 10.0 Å². The van der Waals surface area contributed by atoms with E-state index in [-0.39, 0.29) is 3.70 Å². The Kier molecular flexibility index (Phi) is 3.45. The molecular weight excluding hydrogens is 345 g/mol. The van der Waals surface area contributed by atoms with E-state index in [1.54, 1.807) is 0 Å². The zero-order valence-electron chi connectivity index (χ0n) is 7.00. The van der Waals surface area contributed by atoms with E-state index in [1.165, 1.54) is 22.6 Å². The number of halogens is 3. The van der Waals surface area contributed by atoms with Gasteiger partial charge in [-0.3, -0.25) is 4.79 Å². The highest BCUT2D eigenvalue weighted by Crippen LogP contribution is 2.20. The molecule has 0 atom stereocenters.